The van der Waals surface area contributed by atoms with Crippen molar-refractivity contribution in [1.82, 2.24) is 0 Å². The van der Waals surface area contributed by atoms with Crippen LogP contribution in [0.1, 0.15) is 12.0 Å². The monoisotopic (exact) mass is 216 g/mol. The number of hydrogen-bond acceptors (Lipinski definition) is 3. The minimum Gasteiger partial charge on any atom is -0.462 e. The van der Waals surface area contributed by atoms with Crippen LogP contribution in [0.25, 0.3) is 6.08 Å². The fourth-order valence-corrected chi connectivity index (χ4v) is 1.73. The van der Waals surface area contributed by atoms with Crippen molar-refractivity contribution < 1.29 is 14.3 Å². The smallest absolute Gasteiger partial charge is 0.334 e. The van der Waals surface area contributed by atoms with Gasteiger partial charge in [-0.05, 0) is 11.6 Å². The van der Waals surface area contributed by atoms with Gasteiger partial charge < -0.3 is 9.53 Å². The second-order valence-corrected chi connectivity index (χ2v) is 3.71. The van der Waals surface area contributed by atoms with Gasteiger partial charge in [-0.1, -0.05) is 30.3 Å². The van der Waals surface area contributed by atoms with Crippen LogP contribution in [0.2, 0.25) is 0 Å². The van der Waals surface area contributed by atoms with Gasteiger partial charge in [0, 0.05) is 17.9 Å². The average Bonchev–Trinajstić information content (AvgIpc) is 2.64. The van der Waals surface area contributed by atoms with Crippen molar-refractivity contribution in [3.8, 4) is 0 Å². The van der Waals surface area contributed by atoms with Gasteiger partial charge in [0.2, 0.25) is 0 Å². The first-order valence-corrected chi connectivity index (χ1v) is 5.18. The molecule has 1 heterocycles. The van der Waals surface area contributed by atoms with Crippen LogP contribution >= 0.6 is 0 Å². The number of ether oxygens (including phenoxy) is 1. The quantitative estimate of drug-likeness (QED) is 0.440. The van der Waals surface area contributed by atoms with Crippen LogP contribution in [0.3, 0.4) is 0 Å². The molecule has 1 aliphatic rings. The van der Waals surface area contributed by atoms with E-state index in [2.05, 4.69) is 0 Å². The van der Waals surface area contributed by atoms with E-state index in [1.165, 1.54) is 0 Å². The van der Waals surface area contributed by atoms with E-state index < -0.39 is 0 Å². The van der Waals surface area contributed by atoms with Gasteiger partial charge in [-0.15, -0.1) is 0 Å². The van der Waals surface area contributed by atoms with Crippen molar-refractivity contribution >= 4 is 18.3 Å². The van der Waals surface area contributed by atoms with E-state index in [9.17, 15) is 9.59 Å². The fourth-order valence-electron chi connectivity index (χ4n) is 1.73. The number of rotatable bonds is 3. The summed E-state index contributed by atoms with van der Waals surface area (Å²) in [4.78, 5) is 21.9. The summed E-state index contributed by atoms with van der Waals surface area (Å²) in [5.74, 6) is -0.402. The van der Waals surface area contributed by atoms with E-state index in [4.69, 9.17) is 4.74 Å². The maximum Gasteiger partial charge on any atom is 0.334 e. The number of benzene rings is 1. The van der Waals surface area contributed by atoms with Crippen molar-refractivity contribution in [2.75, 3.05) is 6.61 Å². The van der Waals surface area contributed by atoms with Gasteiger partial charge in [-0.3, -0.25) is 0 Å². The molecule has 3 heteroatoms. The molecule has 3 nitrogen and oxygen atoms in total. The fraction of sp³-hybridized carbons (Fsp3) is 0.231. The van der Waals surface area contributed by atoms with E-state index in [1.54, 1.807) is 6.08 Å². The molecule has 0 aliphatic carbocycles. The maximum atomic E-state index is 11.5. The molecule has 0 bridgehead atoms. The molecule has 0 spiro atoms. The highest BCUT2D eigenvalue weighted by molar-refractivity contribution is 5.96. The molecule has 0 saturated carbocycles. The van der Waals surface area contributed by atoms with Crippen molar-refractivity contribution in [2.24, 2.45) is 5.92 Å². The van der Waals surface area contributed by atoms with Crippen LogP contribution < -0.4 is 0 Å². The first-order chi connectivity index (χ1) is 7.81. The Morgan fingerprint density at radius 3 is 2.75 bits per heavy atom. The molecule has 1 aromatic carbocycles. The molecule has 0 unspecified atom stereocenters. The van der Waals surface area contributed by atoms with Crippen molar-refractivity contribution in [3.63, 3.8) is 0 Å². The summed E-state index contributed by atoms with van der Waals surface area (Å²) >= 11 is 0. The molecule has 82 valence electrons. The van der Waals surface area contributed by atoms with Crippen LogP contribution in [-0.2, 0) is 14.3 Å². The zero-order chi connectivity index (χ0) is 11.4. The van der Waals surface area contributed by atoms with Gasteiger partial charge in [0.05, 0.1) is 6.61 Å². The zero-order valence-corrected chi connectivity index (χ0v) is 8.76. The normalized spacial score (nSPS) is 22.1. The summed E-state index contributed by atoms with van der Waals surface area (Å²) in [5, 5.41) is 0. The summed E-state index contributed by atoms with van der Waals surface area (Å²) in [6.07, 6.45) is 2.96. The first kappa shape index (κ1) is 10.6. The standard InChI is InChI=1S/C13H12O3/c14-7-6-11-9-16-13(15)12(11)8-10-4-2-1-3-5-10/h1-5,7-8,11H,6,9H2/b12-8+/t11-/m0/s1. The van der Waals surface area contributed by atoms with Crippen molar-refractivity contribution in [1.29, 1.82) is 0 Å². The molecule has 0 aromatic heterocycles. The third-order valence-electron chi connectivity index (χ3n) is 2.59. The Kier molecular flexibility index (Phi) is 3.15. The SMILES string of the molecule is O=CC[C@H]1COC(=O)/C1=C/c1ccccc1. The summed E-state index contributed by atoms with van der Waals surface area (Å²) < 4.78 is 4.94. The summed E-state index contributed by atoms with van der Waals surface area (Å²) in [5.41, 5.74) is 1.55. The van der Waals surface area contributed by atoms with Crippen LogP contribution in [-0.4, -0.2) is 18.9 Å². The predicted molar refractivity (Wildman–Crippen MR) is 59.5 cm³/mol. The maximum absolute atomic E-state index is 11.5. The molecule has 1 aliphatic heterocycles. The molecule has 1 fully saturated rings. The highest BCUT2D eigenvalue weighted by Crippen LogP contribution is 2.25. The predicted octanol–water partition coefficient (Wildman–Crippen LogP) is 1.83. The Balaban J connectivity index is 2.26. The minimum atomic E-state index is -0.310. The lowest BCUT2D eigenvalue weighted by molar-refractivity contribution is -0.135. The van der Waals surface area contributed by atoms with Crippen LogP contribution in [0.5, 0.6) is 0 Å². The van der Waals surface area contributed by atoms with Crippen LogP contribution in [0.15, 0.2) is 35.9 Å². The Labute approximate surface area is 93.7 Å². The molecule has 0 amide bonds. The molecule has 1 atom stereocenters. The lowest BCUT2D eigenvalue weighted by Crippen LogP contribution is -2.03. The highest BCUT2D eigenvalue weighted by Gasteiger charge is 2.29. The Hall–Kier alpha value is -1.90. The largest absolute Gasteiger partial charge is 0.462 e. The number of aldehydes is 1. The topological polar surface area (TPSA) is 43.4 Å². The number of carbonyl (C=O) groups is 2. The summed E-state index contributed by atoms with van der Waals surface area (Å²) in [6, 6.07) is 9.55. The zero-order valence-electron chi connectivity index (χ0n) is 8.76. The average molecular weight is 216 g/mol. The lowest BCUT2D eigenvalue weighted by Gasteiger charge is -2.02. The first-order valence-electron chi connectivity index (χ1n) is 5.18. The van der Waals surface area contributed by atoms with Crippen LogP contribution in [0.4, 0.5) is 0 Å². The summed E-state index contributed by atoms with van der Waals surface area (Å²) in [6.45, 7) is 0.316. The minimum absolute atomic E-state index is 0.0924. The molecule has 0 radical (unpaired) electrons. The second kappa shape index (κ2) is 4.75. The lowest BCUT2D eigenvalue weighted by atomic mass is 9.97. The molecule has 16 heavy (non-hydrogen) atoms. The molecular weight excluding hydrogens is 204 g/mol. The van der Waals surface area contributed by atoms with E-state index >= 15 is 0 Å². The number of hydrogen-bond donors (Lipinski definition) is 0. The molecule has 0 N–H and O–H groups in total. The number of carbonyl (C=O) groups excluding carboxylic acids is 2. The van der Waals surface area contributed by atoms with Crippen molar-refractivity contribution in [3.05, 3.63) is 41.5 Å². The van der Waals surface area contributed by atoms with E-state index in [1.807, 2.05) is 30.3 Å². The number of cyclic esters (lactones) is 1. The van der Waals surface area contributed by atoms with E-state index in [0.29, 0.717) is 18.6 Å². The molecule has 2 rings (SSSR count). The Bertz CT molecular complexity index is 420. The Morgan fingerprint density at radius 2 is 2.06 bits per heavy atom. The summed E-state index contributed by atoms with van der Waals surface area (Å²) in [7, 11) is 0. The highest BCUT2D eigenvalue weighted by atomic mass is 16.5. The third kappa shape index (κ3) is 2.19. The van der Waals surface area contributed by atoms with Gasteiger partial charge in [0.25, 0.3) is 0 Å². The van der Waals surface area contributed by atoms with Crippen molar-refractivity contribution in [2.45, 2.75) is 6.42 Å². The molecule has 1 saturated heterocycles. The van der Waals surface area contributed by atoms with E-state index in [0.717, 1.165) is 11.8 Å². The van der Waals surface area contributed by atoms with Gasteiger partial charge in [-0.25, -0.2) is 4.79 Å². The molecular formula is C13H12O3. The van der Waals surface area contributed by atoms with Gasteiger partial charge in [0.1, 0.15) is 6.29 Å². The third-order valence-corrected chi connectivity index (χ3v) is 2.59. The number of esters is 1. The van der Waals surface area contributed by atoms with Gasteiger partial charge >= 0.3 is 5.97 Å². The van der Waals surface area contributed by atoms with E-state index in [-0.39, 0.29) is 11.9 Å². The molecule has 1 aromatic rings. The second-order valence-electron chi connectivity index (χ2n) is 3.71. The van der Waals surface area contributed by atoms with Gasteiger partial charge in [-0.2, -0.15) is 0 Å². The van der Waals surface area contributed by atoms with Gasteiger partial charge in [0.15, 0.2) is 0 Å². The van der Waals surface area contributed by atoms with Crippen LogP contribution in [0, 0.1) is 5.92 Å². The Morgan fingerprint density at radius 1 is 1.31 bits per heavy atom.